The Morgan fingerprint density at radius 2 is 1.72 bits per heavy atom. The van der Waals surface area contributed by atoms with Crippen molar-refractivity contribution >= 4 is 17.6 Å². The van der Waals surface area contributed by atoms with Gasteiger partial charge in [-0.15, -0.1) is 5.10 Å². The van der Waals surface area contributed by atoms with Crippen LogP contribution in [0.1, 0.15) is 21.5 Å². The molecule has 2 aromatic carbocycles. The van der Waals surface area contributed by atoms with Crippen molar-refractivity contribution in [3.8, 4) is 11.5 Å². The molecule has 0 radical (unpaired) electrons. The second-order valence-corrected chi connectivity index (χ2v) is 5.55. The minimum absolute atomic E-state index is 0.0440. The molecule has 25 heavy (non-hydrogen) atoms. The summed E-state index contributed by atoms with van der Waals surface area (Å²) in [6.07, 6.45) is 0. The predicted molar refractivity (Wildman–Crippen MR) is 90.3 cm³/mol. The fourth-order valence-corrected chi connectivity index (χ4v) is 2.39. The van der Waals surface area contributed by atoms with Crippen molar-refractivity contribution in [2.45, 2.75) is 13.8 Å². The fraction of sp³-hybridized carbons (Fsp3) is 0.118. The molecule has 3 aromatic rings. The highest BCUT2D eigenvalue weighted by Crippen LogP contribution is 2.23. The number of anilines is 1. The Morgan fingerprint density at radius 3 is 2.32 bits per heavy atom. The normalized spacial score (nSPS) is 10.5. The van der Waals surface area contributed by atoms with Gasteiger partial charge in [0, 0.05) is 23.3 Å². The minimum atomic E-state index is -0.532. The van der Waals surface area contributed by atoms with Crippen LogP contribution in [0, 0.1) is 24.0 Å². The average molecular weight is 338 g/mol. The molecule has 0 spiro atoms. The van der Waals surface area contributed by atoms with Crippen LogP contribution in [-0.2, 0) is 0 Å². The van der Waals surface area contributed by atoms with Crippen LogP contribution in [0.5, 0.6) is 0 Å². The number of non-ortho nitro benzene ring substituents is 1. The Labute approximate surface area is 142 Å². The first kappa shape index (κ1) is 16.3. The first-order chi connectivity index (χ1) is 11.9. The number of nitrogens with zero attached hydrogens (tertiary/aromatic N) is 3. The van der Waals surface area contributed by atoms with Crippen molar-refractivity contribution in [3.05, 3.63) is 69.3 Å². The average Bonchev–Trinajstić information content (AvgIpc) is 3.02. The highest BCUT2D eigenvalue weighted by atomic mass is 16.6. The van der Waals surface area contributed by atoms with Crippen LogP contribution in [-0.4, -0.2) is 21.0 Å². The van der Waals surface area contributed by atoms with E-state index in [2.05, 4.69) is 15.5 Å². The van der Waals surface area contributed by atoms with E-state index in [4.69, 9.17) is 4.42 Å². The van der Waals surface area contributed by atoms with E-state index in [1.807, 2.05) is 32.0 Å². The number of hydrogen-bond donors (Lipinski definition) is 1. The van der Waals surface area contributed by atoms with Crippen molar-refractivity contribution in [2.24, 2.45) is 0 Å². The first-order valence-electron chi connectivity index (χ1n) is 7.40. The molecule has 0 saturated heterocycles. The van der Waals surface area contributed by atoms with E-state index in [0.29, 0.717) is 5.89 Å². The molecular formula is C17H14N4O4. The zero-order valence-electron chi connectivity index (χ0n) is 13.5. The van der Waals surface area contributed by atoms with E-state index in [9.17, 15) is 14.9 Å². The summed E-state index contributed by atoms with van der Waals surface area (Å²) in [7, 11) is 0. The van der Waals surface area contributed by atoms with E-state index in [1.54, 1.807) is 0 Å². The Bertz CT molecular complexity index is 927. The molecule has 1 heterocycles. The van der Waals surface area contributed by atoms with Gasteiger partial charge in [-0.1, -0.05) is 22.3 Å². The number of rotatable bonds is 4. The molecule has 1 aromatic heterocycles. The summed E-state index contributed by atoms with van der Waals surface area (Å²) in [6.45, 7) is 3.92. The molecule has 0 bridgehead atoms. The number of aromatic nitrogens is 2. The highest BCUT2D eigenvalue weighted by molar-refractivity contribution is 6.03. The van der Waals surface area contributed by atoms with Gasteiger partial charge in [0.15, 0.2) is 0 Å². The summed E-state index contributed by atoms with van der Waals surface area (Å²) in [4.78, 5) is 22.2. The Morgan fingerprint density at radius 1 is 1.08 bits per heavy atom. The third-order valence-electron chi connectivity index (χ3n) is 3.45. The van der Waals surface area contributed by atoms with Crippen molar-refractivity contribution in [2.75, 3.05) is 5.32 Å². The molecule has 126 valence electrons. The van der Waals surface area contributed by atoms with Crippen LogP contribution in [0.4, 0.5) is 11.7 Å². The van der Waals surface area contributed by atoms with Gasteiger partial charge in [0.2, 0.25) is 5.89 Å². The third-order valence-corrected chi connectivity index (χ3v) is 3.45. The van der Waals surface area contributed by atoms with E-state index in [0.717, 1.165) is 16.7 Å². The van der Waals surface area contributed by atoms with E-state index in [-0.39, 0.29) is 17.3 Å². The van der Waals surface area contributed by atoms with E-state index < -0.39 is 10.8 Å². The zero-order valence-corrected chi connectivity index (χ0v) is 13.5. The molecule has 8 nitrogen and oxygen atoms in total. The Balaban J connectivity index is 1.76. The molecule has 1 N–H and O–H groups in total. The quantitative estimate of drug-likeness (QED) is 0.575. The number of nitro benzene ring substituents is 1. The fourth-order valence-electron chi connectivity index (χ4n) is 2.39. The number of nitro groups is 1. The van der Waals surface area contributed by atoms with Crippen LogP contribution in [0.3, 0.4) is 0 Å². The number of nitrogens with one attached hydrogen (secondary N) is 1. The molecule has 0 unspecified atom stereocenters. The lowest BCUT2D eigenvalue weighted by molar-refractivity contribution is -0.384. The van der Waals surface area contributed by atoms with Gasteiger partial charge in [-0.2, -0.15) is 0 Å². The van der Waals surface area contributed by atoms with Crippen LogP contribution in [0.25, 0.3) is 11.5 Å². The van der Waals surface area contributed by atoms with Gasteiger partial charge in [0.1, 0.15) is 0 Å². The van der Waals surface area contributed by atoms with Gasteiger partial charge in [0.25, 0.3) is 11.6 Å². The number of carbonyl (C=O) groups is 1. The molecule has 0 fully saturated rings. The van der Waals surface area contributed by atoms with Gasteiger partial charge in [0.05, 0.1) is 4.92 Å². The maximum Gasteiger partial charge on any atom is 0.322 e. The van der Waals surface area contributed by atoms with E-state index in [1.165, 1.54) is 24.3 Å². The zero-order chi connectivity index (χ0) is 18.0. The second-order valence-electron chi connectivity index (χ2n) is 5.55. The monoisotopic (exact) mass is 338 g/mol. The molecule has 1 amide bonds. The van der Waals surface area contributed by atoms with Gasteiger partial charge >= 0.3 is 6.01 Å². The van der Waals surface area contributed by atoms with Gasteiger partial charge < -0.3 is 4.42 Å². The number of amides is 1. The molecule has 0 atom stereocenters. The number of hydrogen-bond acceptors (Lipinski definition) is 6. The Hall–Kier alpha value is -3.55. The van der Waals surface area contributed by atoms with Gasteiger partial charge in [-0.3, -0.25) is 20.2 Å². The molecule has 0 aliphatic carbocycles. The topological polar surface area (TPSA) is 111 Å². The largest absolute Gasteiger partial charge is 0.403 e. The Kier molecular flexibility index (Phi) is 4.25. The first-order valence-corrected chi connectivity index (χ1v) is 7.40. The summed E-state index contributed by atoms with van der Waals surface area (Å²) in [6, 6.07) is 11.0. The number of carbonyl (C=O) groups excluding carboxylic acids is 1. The van der Waals surface area contributed by atoms with Crippen LogP contribution in [0.2, 0.25) is 0 Å². The smallest absolute Gasteiger partial charge is 0.322 e. The third kappa shape index (κ3) is 3.69. The van der Waals surface area contributed by atoms with Crippen LogP contribution in [0.15, 0.2) is 46.9 Å². The lowest BCUT2D eigenvalue weighted by atomic mass is 10.1. The summed E-state index contributed by atoms with van der Waals surface area (Å²) >= 11 is 0. The maximum atomic E-state index is 12.1. The lowest BCUT2D eigenvalue weighted by Gasteiger charge is -2.01. The highest BCUT2D eigenvalue weighted by Gasteiger charge is 2.14. The SMILES string of the molecule is Cc1cc(C)cc(-c2nnc(NC(=O)c3ccc([N+](=O)[O-])cc3)o2)c1. The minimum Gasteiger partial charge on any atom is -0.403 e. The molecule has 0 aliphatic heterocycles. The summed E-state index contributed by atoms with van der Waals surface area (Å²) in [5.41, 5.74) is 3.04. The lowest BCUT2D eigenvalue weighted by Crippen LogP contribution is -2.12. The van der Waals surface area contributed by atoms with Crippen LogP contribution >= 0.6 is 0 Å². The van der Waals surface area contributed by atoms with E-state index >= 15 is 0 Å². The van der Waals surface area contributed by atoms with Crippen molar-refractivity contribution < 1.29 is 14.1 Å². The van der Waals surface area contributed by atoms with Crippen molar-refractivity contribution in [3.63, 3.8) is 0 Å². The van der Waals surface area contributed by atoms with Crippen molar-refractivity contribution in [1.82, 2.24) is 10.2 Å². The molecule has 8 heteroatoms. The summed E-state index contributed by atoms with van der Waals surface area (Å²) < 4.78 is 5.47. The molecule has 0 aliphatic rings. The standard InChI is InChI=1S/C17H14N4O4/c1-10-7-11(2)9-13(8-10)16-19-20-17(25-16)18-15(22)12-3-5-14(6-4-12)21(23)24/h3-9H,1-2H3,(H,18,20,22). The van der Waals surface area contributed by atoms with Crippen LogP contribution < -0.4 is 5.32 Å². The number of benzene rings is 2. The molecule has 3 rings (SSSR count). The number of aryl methyl sites for hydroxylation is 2. The predicted octanol–water partition coefficient (Wildman–Crippen LogP) is 3.51. The summed E-state index contributed by atoms with van der Waals surface area (Å²) in [5.74, 6) is -0.198. The maximum absolute atomic E-state index is 12.1. The van der Waals surface area contributed by atoms with Gasteiger partial charge in [-0.05, 0) is 38.1 Å². The molecular weight excluding hydrogens is 324 g/mol. The second kappa shape index (κ2) is 6.52. The molecule has 0 saturated carbocycles. The van der Waals surface area contributed by atoms with Crippen molar-refractivity contribution in [1.29, 1.82) is 0 Å². The summed E-state index contributed by atoms with van der Waals surface area (Å²) in [5, 5.41) is 20.8. The van der Waals surface area contributed by atoms with Gasteiger partial charge in [-0.25, -0.2) is 0 Å².